The summed E-state index contributed by atoms with van der Waals surface area (Å²) in [5.41, 5.74) is -0.115. The molecule has 0 bridgehead atoms. The van der Waals surface area contributed by atoms with Crippen LogP contribution < -0.4 is 0 Å². The van der Waals surface area contributed by atoms with Crippen LogP contribution in [-0.2, 0) is 4.79 Å². The van der Waals surface area contributed by atoms with Crippen molar-refractivity contribution < 1.29 is 4.79 Å². The van der Waals surface area contributed by atoms with Crippen LogP contribution >= 0.6 is 0 Å². The van der Waals surface area contributed by atoms with E-state index in [1.165, 1.54) is 0 Å². The van der Waals surface area contributed by atoms with E-state index in [1.807, 2.05) is 7.05 Å². The van der Waals surface area contributed by atoms with Gasteiger partial charge in [-0.2, -0.15) is 0 Å². The number of carbonyl (C=O) groups is 1. The van der Waals surface area contributed by atoms with E-state index in [0.717, 1.165) is 6.54 Å². The maximum atomic E-state index is 11.3. The average Bonchev–Trinajstić information content (AvgIpc) is 2.24. The average molecular weight is 179 g/mol. The lowest BCUT2D eigenvalue weighted by atomic mass is 9.90. The predicted octanol–water partition coefficient (Wildman–Crippen LogP) is 1.51. The molecule has 72 valence electrons. The van der Waals surface area contributed by atoms with Crippen LogP contribution in [0.5, 0.6) is 0 Å². The molecule has 1 amide bonds. The zero-order chi connectivity index (χ0) is 10.1. The number of likely N-dealkylation sites (tertiary alicyclic amines) is 1. The first-order valence-electron chi connectivity index (χ1n) is 4.70. The van der Waals surface area contributed by atoms with Crippen molar-refractivity contribution in [3.63, 3.8) is 0 Å². The summed E-state index contributed by atoms with van der Waals surface area (Å²) in [6.07, 6.45) is 0.573. The molecule has 2 nitrogen and oxygen atoms in total. The largest absolute Gasteiger partial charge is 0.344 e. The molecule has 13 heavy (non-hydrogen) atoms. The molecule has 1 atom stereocenters. The number of hydrogen-bond donors (Lipinski definition) is 0. The number of amides is 1. The molecule has 1 heterocycles. The van der Waals surface area contributed by atoms with Gasteiger partial charge in [-0.25, -0.2) is 0 Å². The highest BCUT2D eigenvalue weighted by atomic mass is 16.2. The van der Waals surface area contributed by atoms with Gasteiger partial charge in [0.15, 0.2) is 0 Å². The van der Waals surface area contributed by atoms with Crippen LogP contribution in [0.1, 0.15) is 27.2 Å². The maximum absolute atomic E-state index is 11.3. The molecule has 1 aliphatic rings. The quantitative estimate of drug-likeness (QED) is 0.516. The van der Waals surface area contributed by atoms with Gasteiger partial charge in [-0.15, -0.1) is 0 Å². The third-order valence-corrected chi connectivity index (χ3v) is 2.22. The van der Waals surface area contributed by atoms with Gasteiger partial charge in [0.25, 0.3) is 0 Å². The standard InChI is InChI=1S/C11H17NO/c1-9(2)5-6-11(3)7-10(13)12(4)8-11/h9H,7-8H2,1-4H3. The van der Waals surface area contributed by atoms with Crippen LogP contribution in [0.3, 0.4) is 0 Å². The van der Waals surface area contributed by atoms with Gasteiger partial charge in [0.1, 0.15) is 0 Å². The van der Waals surface area contributed by atoms with E-state index in [2.05, 4.69) is 32.6 Å². The molecular formula is C11H17NO. The van der Waals surface area contributed by atoms with E-state index in [1.54, 1.807) is 4.90 Å². The summed E-state index contributed by atoms with van der Waals surface area (Å²) in [5, 5.41) is 0. The van der Waals surface area contributed by atoms with E-state index >= 15 is 0 Å². The lowest BCUT2D eigenvalue weighted by molar-refractivity contribution is -0.126. The molecule has 1 aliphatic heterocycles. The highest BCUT2D eigenvalue weighted by molar-refractivity contribution is 5.79. The summed E-state index contributed by atoms with van der Waals surface area (Å²) in [7, 11) is 1.84. The second-order valence-corrected chi connectivity index (χ2v) is 4.41. The van der Waals surface area contributed by atoms with Gasteiger partial charge in [0, 0.05) is 25.9 Å². The molecule has 1 saturated heterocycles. The van der Waals surface area contributed by atoms with Crippen LogP contribution in [0, 0.1) is 23.2 Å². The second kappa shape index (κ2) is 3.41. The van der Waals surface area contributed by atoms with Gasteiger partial charge in [0.2, 0.25) is 5.91 Å². The molecule has 0 aromatic heterocycles. The van der Waals surface area contributed by atoms with Crippen molar-refractivity contribution in [2.75, 3.05) is 13.6 Å². The fraction of sp³-hybridized carbons (Fsp3) is 0.727. The van der Waals surface area contributed by atoms with Crippen molar-refractivity contribution in [2.45, 2.75) is 27.2 Å². The SMILES string of the molecule is CC(C)C#CC1(C)CC(=O)N(C)C1. The minimum atomic E-state index is -0.115. The highest BCUT2D eigenvalue weighted by Crippen LogP contribution is 2.28. The Balaban J connectivity index is 2.71. The molecule has 1 unspecified atom stereocenters. The van der Waals surface area contributed by atoms with Gasteiger partial charge in [-0.05, 0) is 6.92 Å². The van der Waals surface area contributed by atoms with Crippen molar-refractivity contribution in [1.82, 2.24) is 4.90 Å². The van der Waals surface area contributed by atoms with Crippen molar-refractivity contribution in [3.8, 4) is 11.8 Å². The van der Waals surface area contributed by atoms with E-state index in [9.17, 15) is 4.79 Å². The lowest BCUT2D eigenvalue weighted by Gasteiger charge is -2.14. The molecule has 0 spiro atoms. The topological polar surface area (TPSA) is 20.3 Å². The van der Waals surface area contributed by atoms with Crippen LogP contribution in [0.2, 0.25) is 0 Å². The van der Waals surface area contributed by atoms with E-state index < -0.39 is 0 Å². The molecule has 0 aromatic carbocycles. The van der Waals surface area contributed by atoms with Crippen molar-refractivity contribution in [3.05, 3.63) is 0 Å². The van der Waals surface area contributed by atoms with Gasteiger partial charge in [-0.1, -0.05) is 25.7 Å². The summed E-state index contributed by atoms with van der Waals surface area (Å²) >= 11 is 0. The molecule has 0 N–H and O–H groups in total. The molecule has 2 heteroatoms. The van der Waals surface area contributed by atoms with Crippen LogP contribution in [0.4, 0.5) is 0 Å². The zero-order valence-corrected chi connectivity index (χ0v) is 8.85. The lowest BCUT2D eigenvalue weighted by Crippen LogP contribution is -2.21. The van der Waals surface area contributed by atoms with Crippen molar-refractivity contribution in [1.29, 1.82) is 0 Å². The van der Waals surface area contributed by atoms with E-state index in [0.29, 0.717) is 12.3 Å². The summed E-state index contributed by atoms with van der Waals surface area (Å²) in [4.78, 5) is 13.1. The Bertz CT molecular complexity index is 272. The van der Waals surface area contributed by atoms with E-state index in [4.69, 9.17) is 0 Å². The van der Waals surface area contributed by atoms with Crippen LogP contribution in [0.25, 0.3) is 0 Å². The fourth-order valence-electron chi connectivity index (χ4n) is 1.54. The zero-order valence-electron chi connectivity index (χ0n) is 8.85. The summed E-state index contributed by atoms with van der Waals surface area (Å²) < 4.78 is 0. The van der Waals surface area contributed by atoms with Crippen LogP contribution in [0.15, 0.2) is 0 Å². The van der Waals surface area contributed by atoms with E-state index in [-0.39, 0.29) is 11.3 Å². The Labute approximate surface area is 80.3 Å². The number of carbonyl (C=O) groups excluding carboxylic acids is 1. The van der Waals surface area contributed by atoms with Gasteiger partial charge in [-0.3, -0.25) is 4.79 Å². The Kier molecular flexibility index (Phi) is 2.66. The summed E-state index contributed by atoms with van der Waals surface area (Å²) in [6, 6.07) is 0. The molecule has 0 aromatic rings. The van der Waals surface area contributed by atoms with Gasteiger partial charge < -0.3 is 4.90 Å². The normalized spacial score (nSPS) is 27.8. The Morgan fingerprint density at radius 2 is 2.15 bits per heavy atom. The maximum Gasteiger partial charge on any atom is 0.223 e. The summed E-state index contributed by atoms with van der Waals surface area (Å²) in [6.45, 7) is 6.96. The van der Waals surface area contributed by atoms with Crippen molar-refractivity contribution >= 4 is 5.91 Å². The summed E-state index contributed by atoms with van der Waals surface area (Å²) in [5.74, 6) is 6.94. The Morgan fingerprint density at radius 1 is 1.54 bits per heavy atom. The first kappa shape index (κ1) is 10.1. The fourth-order valence-corrected chi connectivity index (χ4v) is 1.54. The molecule has 0 aliphatic carbocycles. The third kappa shape index (κ3) is 2.48. The molecule has 0 saturated carbocycles. The number of nitrogens with zero attached hydrogens (tertiary/aromatic N) is 1. The molecule has 1 rings (SSSR count). The first-order valence-corrected chi connectivity index (χ1v) is 4.70. The second-order valence-electron chi connectivity index (χ2n) is 4.41. The van der Waals surface area contributed by atoms with Crippen molar-refractivity contribution in [2.24, 2.45) is 11.3 Å². The van der Waals surface area contributed by atoms with Gasteiger partial charge >= 0.3 is 0 Å². The number of rotatable bonds is 0. The minimum absolute atomic E-state index is 0.115. The predicted molar refractivity (Wildman–Crippen MR) is 53.0 cm³/mol. The highest BCUT2D eigenvalue weighted by Gasteiger charge is 2.36. The smallest absolute Gasteiger partial charge is 0.223 e. The number of hydrogen-bond acceptors (Lipinski definition) is 1. The monoisotopic (exact) mass is 179 g/mol. The Morgan fingerprint density at radius 3 is 2.54 bits per heavy atom. The molecular weight excluding hydrogens is 162 g/mol. The van der Waals surface area contributed by atoms with Gasteiger partial charge in [0.05, 0.1) is 5.41 Å². The first-order chi connectivity index (χ1) is 5.93. The van der Waals surface area contributed by atoms with Crippen LogP contribution in [-0.4, -0.2) is 24.4 Å². The Hall–Kier alpha value is -0.970. The third-order valence-electron chi connectivity index (χ3n) is 2.22. The molecule has 1 fully saturated rings. The minimum Gasteiger partial charge on any atom is -0.344 e. The molecule has 0 radical (unpaired) electrons.